The average molecular weight is 282 g/mol. The Morgan fingerprint density at radius 2 is 1.70 bits per heavy atom. The lowest BCUT2D eigenvalue weighted by atomic mass is 9.88. The number of nitrogens with two attached hydrogens (primary N) is 1. The maximum Gasteiger partial charge on any atom is 0.220 e. The summed E-state index contributed by atoms with van der Waals surface area (Å²) in [4.78, 5) is 12.0. The van der Waals surface area contributed by atoms with E-state index in [2.05, 4.69) is 46.9 Å². The van der Waals surface area contributed by atoms with Gasteiger partial charge in [0, 0.05) is 13.0 Å². The van der Waals surface area contributed by atoms with E-state index in [1.165, 1.54) is 0 Å². The van der Waals surface area contributed by atoms with E-state index in [9.17, 15) is 4.79 Å². The Labute approximate surface area is 125 Å². The lowest BCUT2D eigenvalue weighted by Crippen LogP contribution is -2.28. The topological polar surface area (TPSA) is 55.1 Å². The fraction of sp³-hybridized carbons (Fsp3) is 0.941. The molecule has 1 rings (SSSR count). The zero-order valence-corrected chi connectivity index (χ0v) is 14.3. The molecule has 0 saturated heterocycles. The first kappa shape index (κ1) is 17.5. The van der Waals surface area contributed by atoms with Gasteiger partial charge in [0.25, 0.3) is 0 Å². The number of carbonyl (C=O) groups is 1. The van der Waals surface area contributed by atoms with Crippen molar-refractivity contribution in [2.45, 2.75) is 60.8 Å². The van der Waals surface area contributed by atoms with E-state index in [0.29, 0.717) is 35.0 Å². The summed E-state index contributed by atoms with van der Waals surface area (Å²) in [6, 6.07) is 0. The quantitative estimate of drug-likeness (QED) is 0.718. The van der Waals surface area contributed by atoms with E-state index in [-0.39, 0.29) is 5.91 Å². The lowest BCUT2D eigenvalue weighted by molar-refractivity contribution is -0.121. The van der Waals surface area contributed by atoms with Crippen molar-refractivity contribution in [3.63, 3.8) is 0 Å². The lowest BCUT2D eigenvalue weighted by Gasteiger charge is -2.19. The smallest absolute Gasteiger partial charge is 0.220 e. The molecule has 3 nitrogen and oxygen atoms in total. The van der Waals surface area contributed by atoms with Gasteiger partial charge in [0.2, 0.25) is 5.91 Å². The highest BCUT2D eigenvalue weighted by Gasteiger charge is 2.64. The molecular weight excluding hydrogens is 248 g/mol. The van der Waals surface area contributed by atoms with Gasteiger partial charge in [-0.3, -0.25) is 4.79 Å². The summed E-state index contributed by atoms with van der Waals surface area (Å²) >= 11 is 0. The van der Waals surface area contributed by atoms with Crippen LogP contribution in [0.2, 0.25) is 0 Å². The molecule has 0 radical (unpaired) electrons. The molecule has 118 valence electrons. The molecule has 1 unspecified atom stereocenters. The fourth-order valence-corrected chi connectivity index (χ4v) is 3.49. The highest BCUT2D eigenvalue weighted by molar-refractivity contribution is 5.75. The van der Waals surface area contributed by atoms with Crippen LogP contribution in [0, 0.1) is 28.6 Å². The van der Waals surface area contributed by atoms with Crippen molar-refractivity contribution in [1.29, 1.82) is 0 Å². The molecule has 1 atom stereocenters. The van der Waals surface area contributed by atoms with Gasteiger partial charge in [0.05, 0.1) is 0 Å². The Balaban J connectivity index is 2.28. The Morgan fingerprint density at radius 1 is 1.15 bits per heavy atom. The van der Waals surface area contributed by atoms with Gasteiger partial charge >= 0.3 is 0 Å². The first-order chi connectivity index (χ1) is 9.14. The van der Waals surface area contributed by atoms with Gasteiger partial charge in [-0.15, -0.1) is 0 Å². The minimum atomic E-state index is 0.200. The first-order valence-corrected chi connectivity index (χ1v) is 8.11. The van der Waals surface area contributed by atoms with Crippen LogP contribution in [0.5, 0.6) is 0 Å². The van der Waals surface area contributed by atoms with E-state index < -0.39 is 0 Å². The zero-order chi connectivity index (χ0) is 15.6. The van der Waals surface area contributed by atoms with Gasteiger partial charge < -0.3 is 11.1 Å². The molecule has 0 spiro atoms. The standard InChI is InChI=1S/C17H34N2O/c1-12(2)13(9-10-18)7-8-15(20)19-11-14-16(3,4)17(14,5)6/h12-14H,7-11,18H2,1-6H3,(H,19,20). The number of hydrogen-bond acceptors (Lipinski definition) is 2. The summed E-state index contributed by atoms with van der Waals surface area (Å²) in [5.74, 6) is 1.97. The molecule has 0 heterocycles. The number of nitrogens with one attached hydrogen (secondary N) is 1. The van der Waals surface area contributed by atoms with E-state index in [1.807, 2.05) is 0 Å². The van der Waals surface area contributed by atoms with Crippen LogP contribution in [-0.4, -0.2) is 19.0 Å². The molecule has 0 aromatic carbocycles. The molecule has 1 fully saturated rings. The zero-order valence-electron chi connectivity index (χ0n) is 14.3. The molecule has 0 aliphatic heterocycles. The van der Waals surface area contributed by atoms with Crippen molar-refractivity contribution in [3.8, 4) is 0 Å². The van der Waals surface area contributed by atoms with Crippen LogP contribution >= 0.6 is 0 Å². The first-order valence-electron chi connectivity index (χ1n) is 8.11. The minimum Gasteiger partial charge on any atom is -0.356 e. The maximum atomic E-state index is 12.0. The highest BCUT2D eigenvalue weighted by Crippen LogP contribution is 2.67. The van der Waals surface area contributed by atoms with Gasteiger partial charge in [-0.05, 0) is 48.0 Å². The van der Waals surface area contributed by atoms with Crippen LogP contribution in [0.1, 0.15) is 60.8 Å². The monoisotopic (exact) mass is 282 g/mol. The van der Waals surface area contributed by atoms with Crippen molar-refractivity contribution in [2.75, 3.05) is 13.1 Å². The molecule has 3 heteroatoms. The average Bonchev–Trinajstić information content (AvgIpc) is 2.72. The Hall–Kier alpha value is -0.570. The second-order valence-electron chi connectivity index (χ2n) is 7.92. The largest absolute Gasteiger partial charge is 0.356 e. The number of amides is 1. The normalized spacial score (nSPS) is 21.8. The third-order valence-electron chi connectivity index (χ3n) is 6.05. The van der Waals surface area contributed by atoms with E-state index >= 15 is 0 Å². The Morgan fingerprint density at radius 3 is 2.10 bits per heavy atom. The Bertz CT molecular complexity index is 320. The third kappa shape index (κ3) is 3.75. The van der Waals surface area contributed by atoms with Crippen molar-refractivity contribution in [1.82, 2.24) is 5.32 Å². The molecule has 0 aromatic heterocycles. The second-order valence-corrected chi connectivity index (χ2v) is 7.92. The van der Waals surface area contributed by atoms with Gasteiger partial charge in [0.1, 0.15) is 0 Å². The number of carbonyl (C=O) groups excluding carboxylic acids is 1. The molecule has 0 bridgehead atoms. The van der Waals surface area contributed by atoms with Crippen LogP contribution < -0.4 is 11.1 Å². The van der Waals surface area contributed by atoms with Crippen LogP contribution in [-0.2, 0) is 4.79 Å². The number of rotatable bonds is 8. The molecular formula is C17H34N2O. The van der Waals surface area contributed by atoms with Gasteiger partial charge in [-0.2, -0.15) is 0 Å². The molecule has 20 heavy (non-hydrogen) atoms. The van der Waals surface area contributed by atoms with E-state index in [4.69, 9.17) is 5.73 Å². The second kappa shape index (κ2) is 6.46. The van der Waals surface area contributed by atoms with Crippen LogP contribution in [0.4, 0.5) is 0 Å². The van der Waals surface area contributed by atoms with Crippen LogP contribution in [0.15, 0.2) is 0 Å². The summed E-state index contributed by atoms with van der Waals surface area (Å²) in [6.07, 6.45) is 2.61. The third-order valence-corrected chi connectivity index (χ3v) is 6.05. The van der Waals surface area contributed by atoms with Gasteiger partial charge in [0.15, 0.2) is 0 Å². The summed E-state index contributed by atoms with van der Waals surface area (Å²) in [7, 11) is 0. The molecule has 3 N–H and O–H groups in total. The summed E-state index contributed by atoms with van der Waals surface area (Å²) in [6.45, 7) is 15.1. The molecule has 0 aromatic rings. The van der Waals surface area contributed by atoms with Crippen LogP contribution in [0.3, 0.4) is 0 Å². The molecule has 1 amide bonds. The van der Waals surface area contributed by atoms with E-state index in [0.717, 1.165) is 25.9 Å². The van der Waals surface area contributed by atoms with Gasteiger partial charge in [-0.25, -0.2) is 0 Å². The highest BCUT2D eigenvalue weighted by atomic mass is 16.1. The van der Waals surface area contributed by atoms with Gasteiger partial charge in [-0.1, -0.05) is 41.5 Å². The predicted octanol–water partition coefficient (Wildman–Crippen LogP) is 3.19. The molecule has 1 aliphatic rings. The van der Waals surface area contributed by atoms with Crippen molar-refractivity contribution in [3.05, 3.63) is 0 Å². The molecule has 1 aliphatic carbocycles. The Kier molecular flexibility index (Phi) is 5.65. The maximum absolute atomic E-state index is 12.0. The van der Waals surface area contributed by atoms with Crippen LogP contribution in [0.25, 0.3) is 0 Å². The minimum absolute atomic E-state index is 0.200. The summed E-state index contributed by atoms with van der Waals surface area (Å²) in [5, 5.41) is 3.12. The molecule has 1 saturated carbocycles. The SMILES string of the molecule is CC(C)C(CCN)CCC(=O)NCC1C(C)(C)C1(C)C. The summed E-state index contributed by atoms with van der Waals surface area (Å²) < 4.78 is 0. The number of hydrogen-bond donors (Lipinski definition) is 2. The van der Waals surface area contributed by atoms with Crippen molar-refractivity contribution < 1.29 is 4.79 Å². The van der Waals surface area contributed by atoms with E-state index in [1.54, 1.807) is 0 Å². The van der Waals surface area contributed by atoms with Crippen molar-refractivity contribution >= 4 is 5.91 Å². The fourth-order valence-electron chi connectivity index (χ4n) is 3.49. The van der Waals surface area contributed by atoms with Crippen molar-refractivity contribution in [2.24, 2.45) is 34.3 Å². The summed E-state index contributed by atoms with van der Waals surface area (Å²) in [5.41, 5.74) is 6.33. The predicted molar refractivity (Wildman–Crippen MR) is 85.3 cm³/mol.